The predicted molar refractivity (Wildman–Crippen MR) is 83.0 cm³/mol. The average molecular weight is 333 g/mol. The summed E-state index contributed by atoms with van der Waals surface area (Å²) in [6, 6.07) is 3.26. The Morgan fingerprint density at radius 1 is 1.30 bits per heavy atom. The van der Waals surface area contributed by atoms with E-state index >= 15 is 0 Å². The van der Waals surface area contributed by atoms with Gasteiger partial charge in [-0.05, 0) is 32.2 Å². The standard InChI is InChI=1S/C14H14Cl2O3S/c1-4-19-7-10(8(2)17)14(18)9-5-6-11(20-3)13(16)12(9)15/h5-7H,4H2,1-3H3. The van der Waals surface area contributed by atoms with Gasteiger partial charge in [0.05, 0.1) is 28.5 Å². The summed E-state index contributed by atoms with van der Waals surface area (Å²) < 4.78 is 5.03. The molecule has 0 N–H and O–H groups in total. The fourth-order valence-electron chi connectivity index (χ4n) is 1.47. The normalized spacial score (nSPS) is 11.3. The summed E-state index contributed by atoms with van der Waals surface area (Å²) in [5.41, 5.74) is 0.136. The van der Waals surface area contributed by atoms with Gasteiger partial charge < -0.3 is 4.74 Å². The van der Waals surface area contributed by atoms with E-state index in [1.807, 2.05) is 6.26 Å². The first-order chi connectivity index (χ1) is 9.43. The van der Waals surface area contributed by atoms with E-state index in [0.717, 1.165) is 11.2 Å². The Morgan fingerprint density at radius 2 is 1.95 bits per heavy atom. The van der Waals surface area contributed by atoms with Crippen LogP contribution in [0.4, 0.5) is 0 Å². The number of hydrogen-bond acceptors (Lipinski definition) is 4. The van der Waals surface area contributed by atoms with Crippen molar-refractivity contribution in [2.45, 2.75) is 18.7 Å². The van der Waals surface area contributed by atoms with Crippen LogP contribution in [0.5, 0.6) is 0 Å². The van der Waals surface area contributed by atoms with Gasteiger partial charge in [0.15, 0.2) is 5.78 Å². The quantitative estimate of drug-likeness (QED) is 0.193. The molecule has 0 spiro atoms. The smallest absolute Gasteiger partial charge is 0.201 e. The molecule has 3 nitrogen and oxygen atoms in total. The number of rotatable bonds is 6. The Morgan fingerprint density at radius 3 is 2.45 bits per heavy atom. The summed E-state index contributed by atoms with van der Waals surface area (Å²) in [7, 11) is 0. The maximum Gasteiger partial charge on any atom is 0.201 e. The van der Waals surface area contributed by atoms with Crippen molar-refractivity contribution in [3.05, 3.63) is 39.6 Å². The Bertz CT molecular complexity index is 568. The first-order valence-corrected chi connectivity index (χ1v) is 7.81. The molecule has 0 aliphatic heterocycles. The second kappa shape index (κ2) is 7.72. The van der Waals surface area contributed by atoms with Crippen LogP contribution in [0.15, 0.2) is 28.9 Å². The van der Waals surface area contributed by atoms with Crippen LogP contribution in [-0.4, -0.2) is 24.4 Å². The van der Waals surface area contributed by atoms with Crippen molar-refractivity contribution in [1.29, 1.82) is 0 Å². The average Bonchev–Trinajstić information content (AvgIpc) is 2.41. The highest BCUT2D eigenvalue weighted by atomic mass is 35.5. The molecule has 20 heavy (non-hydrogen) atoms. The van der Waals surface area contributed by atoms with Crippen LogP contribution in [-0.2, 0) is 9.53 Å². The van der Waals surface area contributed by atoms with E-state index in [1.165, 1.54) is 18.7 Å². The van der Waals surface area contributed by atoms with Crippen LogP contribution in [0.3, 0.4) is 0 Å². The van der Waals surface area contributed by atoms with Crippen molar-refractivity contribution < 1.29 is 14.3 Å². The number of thioether (sulfide) groups is 1. The van der Waals surface area contributed by atoms with Gasteiger partial charge in [0.25, 0.3) is 0 Å². The van der Waals surface area contributed by atoms with Gasteiger partial charge in [-0.3, -0.25) is 9.59 Å². The molecular weight excluding hydrogens is 319 g/mol. The van der Waals surface area contributed by atoms with Crippen LogP contribution >= 0.6 is 35.0 Å². The first kappa shape index (κ1) is 17.1. The fraction of sp³-hybridized carbons (Fsp3) is 0.286. The molecule has 0 radical (unpaired) electrons. The molecule has 0 aliphatic rings. The number of carbonyl (C=O) groups is 2. The van der Waals surface area contributed by atoms with Gasteiger partial charge >= 0.3 is 0 Å². The second-order valence-corrected chi connectivity index (χ2v) is 5.42. The zero-order chi connectivity index (χ0) is 15.3. The Balaban J connectivity index is 3.26. The van der Waals surface area contributed by atoms with Crippen molar-refractivity contribution in [3.63, 3.8) is 0 Å². The first-order valence-electron chi connectivity index (χ1n) is 5.83. The van der Waals surface area contributed by atoms with E-state index in [1.54, 1.807) is 19.1 Å². The minimum absolute atomic E-state index is 0.0540. The van der Waals surface area contributed by atoms with E-state index in [9.17, 15) is 9.59 Å². The molecule has 0 bridgehead atoms. The monoisotopic (exact) mass is 332 g/mol. The van der Waals surface area contributed by atoms with Gasteiger partial charge in [-0.2, -0.15) is 0 Å². The van der Waals surface area contributed by atoms with Crippen molar-refractivity contribution in [1.82, 2.24) is 0 Å². The van der Waals surface area contributed by atoms with Gasteiger partial charge in [0, 0.05) is 10.5 Å². The topological polar surface area (TPSA) is 43.4 Å². The van der Waals surface area contributed by atoms with E-state index in [-0.39, 0.29) is 21.9 Å². The summed E-state index contributed by atoms with van der Waals surface area (Å²) in [5, 5.41) is 0.455. The zero-order valence-electron chi connectivity index (χ0n) is 11.3. The van der Waals surface area contributed by atoms with Crippen LogP contribution in [0.1, 0.15) is 24.2 Å². The molecule has 1 rings (SSSR count). The molecule has 0 atom stereocenters. The zero-order valence-corrected chi connectivity index (χ0v) is 13.7. The third kappa shape index (κ3) is 3.78. The van der Waals surface area contributed by atoms with E-state index in [2.05, 4.69) is 0 Å². The molecule has 0 saturated heterocycles. The van der Waals surface area contributed by atoms with Gasteiger partial charge in [0.2, 0.25) is 5.78 Å². The van der Waals surface area contributed by atoms with Crippen LogP contribution in [0.2, 0.25) is 10.0 Å². The summed E-state index contributed by atoms with van der Waals surface area (Å²) in [6.07, 6.45) is 3.02. The Kier molecular flexibility index (Phi) is 6.59. The number of ether oxygens (including phenoxy) is 1. The molecule has 0 saturated carbocycles. The molecule has 0 amide bonds. The van der Waals surface area contributed by atoms with Crippen LogP contribution < -0.4 is 0 Å². The largest absolute Gasteiger partial charge is 0.501 e. The number of allylic oxidation sites excluding steroid dienone is 1. The van der Waals surface area contributed by atoms with Crippen molar-refractivity contribution in [2.75, 3.05) is 12.9 Å². The summed E-state index contributed by atoms with van der Waals surface area (Å²) in [4.78, 5) is 24.7. The van der Waals surface area contributed by atoms with Gasteiger partial charge in [-0.15, -0.1) is 11.8 Å². The molecule has 0 heterocycles. The van der Waals surface area contributed by atoms with E-state index in [0.29, 0.717) is 11.6 Å². The van der Waals surface area contributed by atoms with Gasteiger partial charge in [0.1, 0.15) is 0 Å². The maximum absolute atomic E-state index is 12.3. The molecule has 0 unspecified atom stereocenters. The molecule has 6 heteroatoms. The maximum atomic E-state index is 12.3. The van der Waals surface area contributed by atoms with Crippen LogP contribution in [0, 0.1) is 0 Å². The lowest BCUT2D eigenvalue weighted by atomic mass is 10.0. The van der Waals surface area contributed by atoms with Gasteiger partial charge in [-0.25, -0.2) is 0 Å². The number of benzene rings is 1. The SMILES string of the molecule is CCOC=C(C(C)=O)C(=O)c1ccc(SC)c(Cl)c1Cl. The number of carbonyl (C=O) groups excluding carboxylic acids is 2. The van der Waals surface area contributed by atoms with E-state index < -0.39 is 5.78 Å². The number of ketones is 2. The third-order valence-corrected chi connectivity index (χ3v) is 4.28. The lowest BCUT2D eigenvalue weighted by molar-refractivity contribution is -0.113. The Labute approximate surface area is 132 Å². The van der Waals surface area contributed by atoms with Crippen molar-refractivity contribution in [3.8, 4) is 0 Å². The Hall–Kier alpha value is -0.970. The summed E-state index contributed by atoms with van der Waals surface area (Å²) in [5.74, 6) is -0.880. The highest BCUT2D eigenvalue weighted by Crippen LogP contribution is 2.35. The van der Waals surface area contributed by atoms with Crippen molar-refractivity contribution >= 4 is 46.5 Å². The minimum atomic E-state index is -0.495. The van der Waals surface area contributed by atoms with Crippen molar-refractivity contribution in [2.24, 2.45) is 0 Å². The number of Topliss-reactive ketones (excluding diaryl/α,β-unsaturated/α-hetero) is 2. The lowest BCUT2D eigenvalue weighted by Gasteiger charge is -2.09. The van der Waals surface area contributed by atoms with E-state index in [4.69, 9.17) is 27.9 Å². The summed E-state index contributed by atoms with van der Waals surface area (Å²) in [6.45, 7) is 3.42. The highest BCUT2D eigenvalue weighted by molar-refractivity contribution is 7.98. The predicted octanol–water partition coefficient (Wildman–Crippen LogP) is 4.41. The molecular formula is C14H14Cl2O3S. The number of hydrogen-bond donors (Lipinski definition) is 0. The third-order valence-electron chi connectivity index (χ3n) is 2.50. The second-order valence-electron chi connectivity index (χ2n) is 3.82. The molecule has 108 valence electrons. The highest BCUT2D eigenvalue weighted by Gasteiger charge is 2.22. The summed E-state index contributed by atoms with van der Waals surface area (Å²) >= 11 is 13.6. The molecule has 1 aromatic rings. The minimum Gasteiger partial charge on any atom is -0.501 e. The van der Waals surface area contributed by atoms with Gasteiger partial charge in [-0.1, -0.05) is 23.2 Å². The lowest BCUT2D eigenvalue weighted by Crippen LogP contribution is -2.12. The molecule has 1 aromatic carbocycles. The molecule has 0 aromatic heterocycles. The van der Waals surface area contributed by atoms with Crippen LogP contribution in [0.25, 0.3) is 0 Å². The fourth-order valence-corrected chi connectivity index (χ4v) is 2.66. The molecule has 0 fully saturated rings. The number of halogens is 2. The molecule has 0 aliphatic carbocycles.